The second kappa shape index (κ2) is 3.11. The summed E-state index contributed by atoms with van der Waals surface area (Å²) < 4.78 is 0. The van der Waals surface area contributed by atoms with Gasteiger partial charge in [-0.1, -0.05) is 18.1 Å². The summed E-state index contributed by atoms with van der Waals surface area (Å²) in [6, 6.07) is 0.572. The number of amides is 1. The molecule has 2 unspecified atom stereocenters. The Morgan fingerprint density at radius 1 is 1.21 bits per heavy atom. The molecular weight excluding hydrogens is 174 g/mol. The maximum absolute atomic E-state index is 11.6. The Labute approximate surface area is 85.0 Å². The van der Waals surface area contributed by atoms with Crippen molar-refractivity contribution in [2.24, 2.45) is 5.92 Å². The van der Waals surface area contributed by atoms with E-state index in [0.717, 1.165) is 25.3 Å². The molecule has 1 aliphatic carbocycles. The van der Waals surface area contributed by atoms with Gasteiger partial charge in [-0.05, 0) is 25.7 Å². The molecule has 3 rings (SSSR count). The predicted molar refractivity (Wildman–Crippen MR) is 54.8 cm³/mol. The highest BCUT2D eigenvalue weighted by atomic mass is 16.2. The normalized spacial score (nSPS) is 36.4. The highest BCUT2D eigenvalue weighted by Crippen LogP contribution is 2.40. The summed E-state index contributed by atoms with van der Waals surface area (Å²) in [7, 11) is 0. The van der Waals surface area contributed by atoms with Crippen molar-refractivity contribution < 1.29 is 4.79 Å². The van der Waals surface area contributed by atoms with Gasteiger partial charge >= 0.3 is 0 Å². The van der Waals surface area contributed by atoms with Gasteiger partial charge in [0.15, 0.2) is 0 Å². The Kier molecular flexibility index (Phi) is 1.89. The van der Waals surface area contributed by atoms with Gasteiger partial charge in [0.1, 0.15) is 0 Å². The minimum atomic E-state index is 0.385. The number of hydrogen-bond donors (Lipinski definition) is 0. The second-order valence-electron chi connectivity index (χ2n) is 4.78. The van der Waals surface area contributed by atoms with Gasteiger partial charge in [0.25, 0.3) is 0 Å². The third-order valence-electron chi connectivity index (χ3n) is 4.10. The second-order valence-corrected chi connectivity index (χ2v) is 4.78. The van der Waals surface area contributed by atoms with E-state index < -0.39 is 0 Å². The lowest BCUT2D eigenvalue weighted by Gasteiger charge is -2.39. The van der Waals surface area contributed by atoms with Crippen LogP contribution in [0.4, 0.5) is 0 Å². The smallest absolute Gasteiger partial charge is 0.223 e. The van der Waals surface area contributed by atoms with Crippen molar-refractivity contribution in [1.82, 2.24) is 4.90 Å². The first-order valence-electron chi connectivity index (χ1n) is 5.84. The van der Waals surface area contributed by atoms with Crippen molar-refractivity contribution in [3.63, 3.8) is 0 Å². The minimum Gasteiger partial charge on any atom is -0.335 e. The van der Waals surface area contributed by atoms with Crippen LogP contribution in [0.1, 0.15) is 38.5 Å². The maximum atomic E-state index is 11.6. The van der Waals surface area contributed by atoms with Crippen molar-refractivity contribution in [2.75, 3.05) is 6.54 Å². The quantitative estimate of drug-likeness (QED) is 0.537. The minimum absolute atomic E-state index is 0.385. The Bertz CT molecular complexity index is 295. The van der Waals surface area contributed by atoms with E-state index in [1.807, 2.05) is 0 Å². The molecule has 2 atom stereocenters. The van der Waals surface area contributed by atoms with Crippen LogP contribution < -0.4 is 0 Å². The van der Waals surface area contributed by atoms with Gasteiger partial charge in [0.2, 0.25) is 5.91 Å². The summed E-state index contributed by atoms with van der Waals surface area (Å²) in [5.74, 6) is 1.11. The largest absolute Gasteiger partial charge is 0.335 e. The number of carbonyl (C=O) groups excluding carboxylic acids is 1. The van der Waals surface area contributed by atoms with E-state index in [4.69, 9.17) is 0 Å². The molecule has 76 valence electrons. The van der Waals surface area contributed by atoms with Gasteiger partial charge in [0.05, 0.1) is 0 Å². The summed E-state index contributed by atoms with van der Waals surface area (Å²) in [5, 5.41) is 0. The number of fused-ring (bicyclic) bond motifs is 3. The predicted octanol–water partition coefficient (Wildman–Crippen LogP) is 2.11. The van der Waals surface area contributed by atoms with Crippen LogP contribution >= 0.6 is 0 Å². The van der Waals surface area contributed by atoms with Crippen LogP contribution in [0, 0.1) is 5.92 Å². The molecule has 0 aromatic rings. The lowest BCUT2D eigenvalue weighted by molar-refractivity contribution is -0.129. The molecule has 0 N–H and O–H groups in total. The van der Waals surface area contributed by atoms with Crippen molar-refractivity contribution in [3.05, 3.63) is 11.6 Å². The zero-order valence-corrected chi connectivity index (χ0v) is 8.54. The molecule has 1 saturated carbocycles. The van der Waals surface area contributed by atoms with E-state index in [2.05, 4.69) is 11.0 Å². The van der Waals surface area contributed by atoms with E-state index in [9.17, 15) is 4.79 Å². The zero-order valence-electron chi connectivity index (χ0n) is 8.54. The Balaban J connectivity index is 1.89. The molecule has 2 nitrogen and oxygen atoms in total. The van der Waals surface area contributed by atoms with Crippen LogP contribution in [0.25, 0.3) is 0 Å². The summed E-state index contributed by atoms with van der Waals surface area (Å²) >= 11 is 0. The number of hydrogen-bond acceptors (Lipinski definition) is 1. The molecule has 0 aromatic heterocycles. The Hall–Kier alpha value is -0.790. The number of nitrogens with zero attached hydrogens (tertiary/aromatic N) is 1. The molecular formula is C12H17NO. The van der Waals surface area contributed by atoms with Crippen molar-refractivity contribution in [3.8, 4) is 0 Å². The van der Waals surface area contributed by atoms with E-state index in [0.29, 0.717) is 11.9 Å². The molecule has 3 aliphatic rings. The van der Waals surface area contributed by atoms with Crippen LogP contribution in [0.3, 0.4) is 0 Å². The van der Waals surface area contributed by atoms with Crippen molar-refractivity contribution >= 4 is 5.91 Å². The summed E-state index contributed by atoms with van der Waals surface area (Å²) in [5.41, 5.74) is 1.66. The fraction of sp³-hybridized carbons (Fsp3) is 0.750. The van der Waals surface area contributed by atoms with Crippen LogP contribution in [0.2, 0.25) is 0 Å². The first-order valence-corrected chi connectivity index (χ1v) is 5.84. The summed E-state index contributed by atoms with van der Waals surface area (Å²) in [4.78, 5) is 13.7. The van der Waals surface area contributed by atoms with Gasteiger partial charge in [-0.2, -0.15) is 0 Å². The molecule has 14 heavy (non-hydrogen) atoms. The Morgan fingerprint density at radius 3 is 3.07 bits per heavy atom. The molecule has 2 aliphatic heterocycles. The van der Waals surface area contributed by atoms with E-state index in [1.54, 1.807) is 5.57 Å². The van der Waals surface area contributed by atoms with Gasteiger partial charge in [0, 0.05) is 24.9 Å². The van der Waals surface area contributed by atoms with Crippen LogP contribution in [0.15, 0.2) is 11.6 Å². The molecule has 1 amide bonds. The highest BCUT2D eigenvalue weighted by Gasteiger charge is 2.40. The van der Waals surface area contributed by atoms with Gasteiger partial charge in [-0.15, -0.1) is 0 Å². The topological polar surface area (TPSA) is 20.3 Å². The SMILES string of the molecule is O=C1CCC2C3CCCCC3=CCN12. The number of rotatable bonds is 0. The highest BCUT2D eigenvalue weighted by molar-refractivity contribution is 5.79. The zero-order chi connectivity index (χ0) is 9.54. The van der Waals surface area contributed by atoms with Gasteiger partial charge in [-0.3, -0.25) is 4.79 Å². The fourth-order valence-corrected chi connectivity index (χ4v) is 3.38. The molecule has 2 fully saturated rings. The van der Waals surface area contributed by atoms with Gasteiger partial charge in [-0.25, -0.2) is 0 Å². The lowest BCUT2D eigenvalue weighted by Crippen LogP contribution is -2.43. The molecule has 2 heteroatoms. The van der Waals surface area contributed by atoms with E-state index in [-0.39, 0.29) is 0 Å². The van der Waals surface area contributed by atoms with Crippen molar-refractivity contribution in [2.45, 2.75) is 44.6 Å². The molecule has 0 bridgehead atoms. The summed E-state index contributed by atoms with van der Waals surface area (Å²) in [6.07, 6.45) is 9.57. The number of carbonyl (C=O) groups is 1. The molecule has 0 radical (unpaired) electrons. The standard InChI is InChI=1S/C12H17NO/c14-12-6-5-11-10-4-2-1-3-9(10)7-8-13(11)12/h7,10-11H,1-6,8H2. The van der Waals surface area contributed by atoms with Crippen molar-refractivity contribution in [1.29, 1.82) is 0 Å². The average Bonchev–Trinajstić information content (AvgIpc) is 2.61. The monoisotopic (exact) mass is 191 g/mol. The first-order chi connectivity index (χ1) is 6.86. The summed E-state index contributed by atoms with van der Waals surface area (Å²) in [6.45, 7) is 0.898. The first kappa shape index (κ1) is 8.51. The van der Waals surface area contributed by atoms with E-state index >= 15 is 0 Å². The van der Waals surface area contributed by atoms with Crippen LogP contribution in [0.5, 0.6) is 0 Å². The maximum Gasteiger partial charge on any atom is 0.223 e. The van der Waals surface area contributed by atoms with E-state index in [1.165, 1.54) is 25.7 Å². The fourth-order valence-electron chi connectivity index (χ4n) is 3.38. The van der Waals surface area contributed by atoms with Gasteiger partial charge < -0.3 is 4.90 Å². The third-order valence-corrected chi connectivity index (χ3v) is 4.10. The molecule has 1 saturated heterocycles. The molecule has 0 spiro atoms. The lowest BCUT2D eigenvalue weighted by atomic mass is 9.77. The average molecular weight is 191 g/mol. The molecule has 2 heterocycles. The third kappa shape index (κ3) is 1.13. The van der Waals surface area contributed by atoms with Crippen LogP contribution in [-0.4, -0.2) is 23.4 Å². The Morgan fingerprint density at radius 2 is 2.14 bits per heavy atom. The van der Waals surface area contributed by atoms with Crippen LogP contribution in [-0.2, 0) is 4.79 Å². The molecule has 0 aromatic carbocycles.